The number of benzene rings is 4. The van der Waals surface area contributed by atoms with Crippen LogP contribution in [0.15, 0.2) is 107 Å². The molecule has 2 fully saturated rings. The molecule has 12 heteroatoms. The monoisotopic (exact) mass is 746 g/mol. The van der Waals surface area contributed by atoms with E-state index in [9.17, 15) is 19.2 Å². The second kappa shape index (κ2) is 18.5. The van der Waals surface area contributed by atoms with Gasteiger partial charge in [-0.1, -0.05) is 96.0 Å². The first-order valence-corrected chi connectivity index (χ1v) is 18.0. The highest BCUT2D eigenvalue weighted by Gasteiger charge is 2.26. The molecule has 0 unspecified atom stereocenters. The Kier molecular flexibility index (Phi) is 13.6. The number of hydrogen-bond donors (Lipinski definition) is 2. The second-order valence-corrected chi connectivity index (χ2v) is 13.8. The van der Waals surface area contributed by atoms with Gasteiger partial charge in [0.05, 0.1) is 33.1 Å². The molecule has 8 nitrogen and oxygen atoms in total. The molecular formula is C38H32Cl2N2O6S2. The van der Waals surface area contributed by atoms with Crippen LogP contribution >= 0.6 is 46.7 Å². The zero-order valence-corrected chi connectivity index (χ0v) is 29.8. The molecule has 0 aliphatic carbocycles. The van der Waals surface area contributed by atoms with Crippen LogP contribution in [0.4, 0.5) is 9.59 Å². The Labute approximate surface area is 308 Å². The SMILES string of the molecule is O=C1NC(=O)C(=Cc2ccc(OCCCc3ccccc3)c(Cl)c2)S1.O=C1NC(=O)C(=Cc2ccc(OCCCc3ccccc3)c(Cl)c2)S1. The van der Waals surface area contributed by atoms with Gasteiger partial charge in [-0.15, -0.1) is 0 Å². The lowest BCUT2D eigenvalue weighted by atomic mass is 10.1. The molecule has 0 saturated carbocycles. The van der Waals surface area contributed by atoms with E-state index in [-0.39, 0.29) is 22.3 Å². The number of thioether (sulfide) groups is 2. The highest BCUT2D eigenvalue weighted by Crippen LogP contribution is 2.31. The van der Waals surface area contributed by atoms with Crippen molar-refractivity contribution in [3.8, 4) is 11.5 Å². The van der Waals surface area contributed by atoms with Crippen molar-refractivity contribution in [3.63, 3.8) is 0 Å². The summed E-state index contributed by atoms with van der Waals surface area (Å²) in [4.78, 5) is 46.2. The van der Waals surface area contributed by atoms with Crippen LogP contribution in [0, 0.1) is 0 Å². The van der Waals surface area contributed by atoms with Crippen LogP contribution in [0.2, 0.25) is 10.0 Å². The lowest BCUT2D eigenvalue weighted by Gasteiger charge is -2.09. The van der Waals surface area contributed by atoms with E-state index in [0.717, 1.165) is 60.3 Å². The molecule has 6 rings (SSSR count). The Bertz CT molecular complexity index is 1780. The van der Waals surface area contributed by atoms with Crippen LogP contribution in [0.3, 0.4) is 0 Å². The van der Waals surface area contributed by atoms with Crippen LogP contribution < -0.4 is 20.1 Å². The van der Waals surface area contributed by atoms with Gasteiger partial charge in [-0.05, 0) is 108 Å². The zero-order chi connectivity index (χ0) is 35.3. The molecular weight excluding hydrogens is 715 g/mol. The lowest BCUT2D eigenvalue weighted by molar-refractivity contribution is -0.116. The molecule has 2 heterocycles. The third-order valence-electron chi connectivity index (χ3n) is 7.21. The van der Waals surface area contributed by atoms with E-state index < -0.39 is 0 Å². The van der Waals surface area contributed by atoms with Gasteiger partial charge in [-0.3, -0.25) is 29.8 Å². The van der Waals surface area contributed by atoms with Gasteiger partial charge in [0.1, 0.15) is 11.5 Å². The third-order valence-corrected chi connectivity index (χ3v) is 9.42. The highest BCUT2D eigenvalue weighted by atomic mass is 35.5. The predicted molar refractivity (Wildman–Crippen MR) is 202 cm³/mol. The maximum Gasteiger partial charge on any atom is 0.290 e. The summed E-state index contributed by atoms with van der Waals surface area (Å²) in [5.41, 5.74) is 4.05. The Morgan fingerprint density at radius 2 is 0.960 bits per heavy atom. The number of rotatable bonds is 12. The minimum absolute atomic E-state index is 0.359. The molecule has 0 atom stereocenters. The van der Waals surface area contributed by atoms with Crippen molar-refractivity contribution in [2.24, 2.45) is 0 Å². The first-order chi connectivity index (χ1) is 24.2. The number of ether oxygens (including phenoxy) is 2. The van der Waals surface area contributed by atoms with Crippen molar-refractivity contribution in [3.05, 3.63) is 139 Å². The molecule has 4 aromatic carbocycles. The van der Waals surface area contributed by atoms with E-state index in [2.05, 4.69) is 34.9 Å². The predicted octanol–water partition coefficient (Wildman–Crippen LogP) is 9.35. The van der Waals surface area contributed by atoms with Crippen LogP contribution in [0.5, 0.6) is 11.5 Å². The van der Waals surface area contributed by atoms with Crippen molar-refractivity contribution >= 4 is 81.2 Å². The molecule has 0 aromatic heterocycles. The molecule has 2 aliphatic rings. The van der Waals surface area contributed by atoms with Gasteiger partial charge >= 0.3 is 0 Å². The van der Waals surface area contributed by atoms with Crippen molar-refractivity contribution < 1.29 is 28.7 Å². The first-order valence-electron chi connectivity index (χ1n) is 15.7. The van der Waals surface area contributed by atoms with E-state index in [1.807, 2.05) is 48.5 Å². The van der Waals surface area contributed by atoms with Gasteiger partial charge in [-0.25, -0.2) is 0 Å². The number of carbonyl (C=O) groups excluding carboxylic acids is 4. The van der Waals surface area contributed by atoms with Crippen molar-refractivity contribution in [1.29, 1.82) is 0 Å². The normalized spacial score (nSPS) is 15.5. The van der Waals surface area contributed by atoms with E-state index in [1.54, 1.807) is 36.4 Å². The highest BCUT2D eigenvalue weighted by molar-refractivity contribution is 8.18. The molecule has 4 aromatic rings. The Morgan fingerprint density at radius 3 is 1.30 bits per heavy atom. The quantitative estimate of drug-likeness (QED) is 0.109. The zero-order valence-electron chi connectivity index (χ0n) is 26.7. The number of hydrogen-bond acceptors (Lipinski definition) is 8. The molecule has 0 radical (unpaired) electrons. The van der Waals surface area contributed by atoms with E-state index in [0.29, 0.717) is 44.6 Å². The van der Waals surface area contributed by atoms with Gasteiger partial charge in [0.15, 0.2) is 0 Å². The smallest absolute Gasteiger partial charge is 0.290 e. The van der Waals surface area contributed by atoms with Crippen LogP contribution in [0.25, 0.3) is 12.2 Å². The van der Waals surface area contributed by atoms with Crippen molar-refractivity contribution in [2.75, 3.05) is 13.2 Å². The molecule has 4 amide bonds. The summed E-state index contributed by atoms with van der Waals surface area (Å²) in [5.74, 6) is 0.452. The molecule has 50 heavy (non-hydrogen) atoms. The fourth-order valence-electron chi connectivity index (χ4n) is 4.80. The number of imide groups is 2. The van der Waals surface area contributed by atoms with Gasteiger partial charge < -0.3 is 9.47 Å². The minimum atomic E-state index is -0.382. The summed E-state index contributed by atoms with van der Waals surface area (Å²) < 4.78 is 11.5. The minimum Gasteiger partial charge on any atom is -0.492 e. The van der Waals surface area contributed by atoms with Gasteiger partial charge in [0.25, 0.3) is 22.3 Å². The Morgan fingerprint density at radius 1 is 0.560 bits per heavy atom. The molecule has 0 bridgehead atoms. The molecule has 2 N–H and O–H groups in total. The van der Waals surface area contributed by atoms with Gasteiger partial charge in [0.2, 0.25) is 0 Å². The summed E-state index contributed by atoms with van der Waals surface area (Å²) in [6.07, 6.45) is 6.95. The van der Waals surface area contributed by atoms with Crippen LogP contribution in [0.1, 0.15) is 35.1 Å². The number of aryl methyl sites for hydroxylation is 2. The average Bonchev–Trinajstić information content (AvgIpc) is 3.60. The molecule has 2 aliphatic heterocycles. The maximum absolute atomic E-state index is 11.6. The van der Waals surface area contributed by atoms with Crippen molar-refractivity contribution in [1.82, 2.24) is 10.6 Å². The number of amides is 4. The van der Waals surface area contributed by atoms with Crippen molar-refractivity contribution in [2.45, 2.75) is 25.7 Å². The molecule has 0 spiro atoms. The summed E-state index contributed by atoms with van der Waals surface area (Å²) in [7, 11) is 0. The topological polar surface area (TPSA) is 111 Å². The van der Waals surface area contributed by atoms with E-state index >= 15 is 0 Å². The maximum atomic E-state index is 11.6. The second-order valence-electron chi connectivity index (χ2n) is 11.0. The number of halogens is 2. The van der Waals surface area contributed by atoms with Crippen LogP contribution in [-0.2, 0) is 22.4 Å². The van der Waals surface area contributed by atoms with E-state index in [1.165, 1.54) is 11.1 Å². The summed E-state index contributed by atoms with van der Waals surface area (Å²) in [6, 6.07) is 31.1. The third kappa shape index (κ3) is 11.3. The summed E-state index contributed by atoms with van der Waals surface area (Å²) >= 11 is 14.3. The number of nitrogens with one attached hydrogen (secondary N) is 2. The standard InChI is InChI=1S/2C19H16ClNO3S/c2*20-15-11-14(12-17-18(22)21-19(23)25-17)8-9-16(15)24-10-4-7-13-5-2-1-3-6-13/h2*1-3,5-6,8-9,11-12H,4,7,10H2,(H,21,22,23). The fraction of sp³-hybridized carbons (Fsp3) is 0.158. The average molecular weight is 748 g/mol. The molecule has 256 valence electrons. The van der Waals surface area contributed by atoms with Gasteiger partial charge in [-0.2, -0.15) is 0 Å². The first kappa shape index (κ1) is 36.8. The lowest BCUT2D eigenvalue weighted by Crippen LogP contribution is -2.17. The summed E-state index contributed by atoms with van der Waals surface area (Å²) in [5, 5.41) is 4.67. The van der Waals surface area contributed by atoms with Crippen LogP contribution in [-0.4, -0.2) is 35.5 Å². The van der Waals surface area contributed by atoms with Gasteiger partial charge in [0, 0.05) is 0 Å². The summed E-state index contributed by atoms with van der Waals surface area (Å²) in [6.45, 7) is 1.14. The largest absolute Gasteiger partial charge is 0.492 e. The Balaban J connectivity index is 0.000000194. The molecule has 2 saturated heterocycles. The fourth-order valence-corrected chi connectivity index (χ4v) is 6.65. The van der Waals surface area contributed by atoms with E-state index in [4.69, 9.17) is 32.7 Å². The Hall–Kier alpha value is -4.48. The number of carbonyl (C=O) groups is 4.